The molecular formula is C30H27ClN4O4. The highest BCUT2D eigenvalue weighted by Crippen LogP contribution is 2.30. The van der Waals surface area contributed by atoms with Crippen molar-refractivity contribution in [2.45, 2.75) is 25.3 Å². The Hall–Kier alpha value is -4.43. The zero-order chi connectivity index (χ0) is 27.2. The summed E-state index contributed by atoms with van der Waals surface area (Å²) in [6, 6.07) is 21.5. The van der Waals surface area contributed by atoms with Gasteiger partial charge in [0.15, 0.2) is 12.2 Å². The molecule has 1 aliphatic rings. The molecule has 0 radical (unpaired) electrons. The predicted octanol–water partition coefficient (Wildman–Crippen LogP) is 5.41. The van der Waals surface area contributed by atoms with E-state index in [0.717, 1.165) is 24.0 Å². The molecule has 4 aromatic rings. The molecule has 2 N–H and O–H groups in total. The van der Waals surface area contributed by atoms with E-state index in [2.05, 4.69) is 15.6 Å². The molecule has 0 bridgehead atoms. The first-order valence-electron chi connectivity index (χ1n) is 12.7. The first kappa shape index (κ1) is 26.2. The second kappa shape index (κ2) is 12.0. The first-order chi connectivity index (χ1) is 19.0. The van der Waals surface area contributed by atoms with Crippen LogP contribution in [0.5, 0.6) is 0 Å². The summed E-state index contributed by atoms with van der Waals surface area (Å²) in [5.41, 5.74) is 3.69. The molecule has 1 saturated heterocycles. The Morgan fingerprint density at radius 3 is 2.49 bits per heavy atom. The number of hydrogen-bond donors (Lipinski definition) is 2. The van der Waals surface area contributed by atoms with Gasteiger partial charge in [0.1, 0.15) is 6.04 Å². The van der Waals surface area contributed by atoms with Crippen LogP contribution in [0.2, 0.25) is 5.02 Å². The normalized spacial score (nSPS) is 15.5. The van der Waals surface area contributed by atoms with E-state index < -0.39 is 6.04 Å². The van der Waals surface area contributed by atoms with E-state index in [1.165, 1.54) is 11.3 Å². The molecule has 0 aliphatic carbocycles. The van der Waals surface area contributed by atoms with Crippen molar-refractivity contribution in [3.8, 4) is 22.5 Å². The van der Waals surface area contributed by atoms with Crippen LogP contribution >= 0.6 is 11.6 Å². The maximum absolute atomic E-state index is 13.3. The van der Waals surface area contributed by atoms with Crippen LogP contribution in [0.3, 0.4) is 0 Å². The van der Waals surface area contributed by atoms with Gasteiger partial charge < -0.3 is 20.0 Å². The van der Waals surface area contributed by atoms with Gasteiger partial charge in [-0.05, 0) is 60.7 Å². The average Bonchev–Trinajstić information content (AvgIpc) is 3.43. The Balaban J connectivity index is 1.19. The lowest BCUT2D eigenvalue weighted by Crippen LogP contribution is -2.49. The minimum absolute atomic E-state index is 0.127. The molecule has 0 saturated carbocycles. The SMILES string of the molecule is O=C(CN1CCCCC(NC(=O)c2ccc(-c3ccccc3)cc2)C1=O)Nc1ccc(-c2cnco2)c(Cl)c1. The predicted molar refractivity (Wildman–Crippen MR) is 149 cm³/mol. The van der Waals surface area contributed by atoms with E-state index >= 15 is 0 Å². The maximum atomic E-state index is 13.3. The van der Waals surface area contributed by atoms with Crippen molar-refractivity contribution in [3.63, 3.8) is 0 Å². The largest absolute Gasteiger partial charge is 0.443 e. The van der Waals surface area contributed by atoms with Crippen molar-refractivity contribution in [3.05, 3.63) is 96.0 Å². The molecule has 1 unspecified atom stereocenters. The quantitative estimate of drug-likeness (QED) is 0.325. The molecule has 3 aromatic carbocycles. The van der Waals surface area contributed by atoms with Gasteiger partial charge in [0.05, 0.1) is 17.8 Å². The molecule has 9 heteroatoms. The number of amides is 3. The van der Waals surface area contributed by atoms with E-state index in [1.807, 2.05) is 42.5 Å². The van der Waals surface area contributed by atoms with Crippen LogP contribution in [-0.2, 0) is 9.59 Å². The summed E-state index contributed by atoms with van der Waals surface area (Å²) in [7, 11) is 0. The third-order valence-electron chi connectivity index (χ3n) is 6.63. The van der Waals surface area contributed by atoms with Crippen LogP contribution in [0.15, 0.2) is 89.8 Å². The molecule has 1 atom stereocenters. The summed E-state index contributed by atoms with van der Waals surface area (Å²) in [4.78, 5) is 44.4. The second-order valence-corrected chi connectivity index (χ2v) is 9.74. The molecule has 8 nitrogen and oxygen atoms in total. The van der Waals surface area contributed by atoms with Gasteiger partial charge >= 0.3 is 0 Å². The minimum Gasteiger partial charge on any atom is -0.443 e. The molecule has 1 fully saturated rings. The van der Waals surface area contributed by atoms with Gasteiger partial charge in [-0.25, -0.2) is 4.98 Å². The molecule has 2 heterocycles. The van der Waals surface area contributed by atoms with Crippen LogP contribution < -0.4 is 10.6 Å². The summed E-state index contributed by atoms with van der Waals surface area (Å²) in [6.07, 6.45) is 4.90. The number of hydrogen-bond acceptors (Lipinski definition) is 5. The van der Waals surface area contributed by atoms with Crippen molar-refractivity contribution >= 4 is 35.0 Å². The fraction of sp³-hybridized carbons (Fsp3) is 0.200. The first-order valence-corrected chi connectivity index (χ1v) is 13.1. The van der Waals surface area contributed by atoms with E-state index in [4.69, 9.17) is 16.0 Å². The summed E-state index contributed by atoms with van der Waals surface area (Å²) in [5.74, 6) is -0.417. The lowest BCUT2D eigenvalue weighted by molar-refractivity contribution is -0.135. The highest BCUT2D eigenvalue weighted by atomic mass is 35.5. The lowest BCUT2D eigenvalue weighted by atomic mass is 10.0. The van der Waals surface area contributed by atoms with Crippen LogP contribution in [-0.4, -0.2) is 46.7 Å². The van der Waals surface area contributed by atoms with Crippen LogP contribution in [0.25, 0.3) is 22.5 Å². The number of nitrogens with zero attached hydrogens (tertiary/aromatic N) is 2. The number of nitrogens with one attached hydrogen (secondary N) is 2. The Kier molecular flexibility index (Phi) is 8.03. The van der Waals surface area contributed by atoms with Gasteiger partial charge in [-0.15, -0.1) is 0 Å². The Bertz CT molecular complexity index is 1460. The smallest absolute Gasteiger partial charge is 0.251 e. The number of anilines is 1. The third kappa shape index (κ3) is 6.35. The van der Waals surface area contributed by atoms with E-state index in [0.29, 0.717) is 40.6 Å². The summed E-state index contributed by atoms with van der Waals surface area (Å²) in [5, 5.41) is 6.06. The second-order valence-electron chi connectivity index (χ2n) is 9.33. The standard InChI is InChI=1S/C30H27ClN4O4/c31-25-16-23(13-14-24(25)27-17-32-19-39-27)33-28(36)18-35-15-5-4-8-26(30(35)38)34-29(37)22-11-9-21(10-12-22)20-6-2-1-3-7-20/h1-3,6-7,9-14,16-17,19,26H,4-5,8,15,18H2,(H,33,36)(H,34,37). The minimum atomic E-state index is -0.697. The van der Waals surface area contributed by atoms with Gasteiger partial charge in [-0.1, -0.05) is 54.1 Å². The summed E-state index contributed by atoms with van der Waals surface area (Å²) in [6.45, 7) is 0.314. The van der Waals surface area contributed by atoms with Crippen molar-refractivity contribution < 1.29 is 18.8 Å². The Morgan fingerprint density at radius 1 is 1.00 bits per heavy atom. The fourth-order valence-electron chi connectivity index (χ4n) is 4.60. The molecule has 3 amide bonds. The van der Waals surface area contributed by atoms with Gasteiger partial charge in [0.2, 0.25) is 11.8 Å². The molecule has 1 aromatic heterocycles. The van der Waals surface area contributed by atoms with Crippen molar-refractivity contribution in [2.75, 3.05) is 18.4 Å². The number of aromatic nitrogens is 1. The number of carbonyl (C=O) groups is 3. The summed E-state index contributed by atoms with van der Waals surface area (Å²) >= 11 is 6.35. The number of halogens is 1. The van der Waals surface area contributed by atoms with Crippen molar-refractivity contribution in [1.29, 1.82) is 0 Å². The van der Waals surface area contributed by atoms with Crippen LogP contribution in [0.1, 0.15) is 29.6 Å². The molecule has 39 heavy (non-hydrogen) atoms. The number of rotatable bonds is 7. The zero-order valence-corrected chi connectivity index (χ0v) is 21.9. The van der Waals surface area contributed by atoms with Gasteiger partial charge in [0.25, 0.3) is 5.91 Å². The van der Waals surface area contributed by atoms with Gasteiger partial charge in [-0.3, -0.25) is 14.4 Å². The fourth-order valence-corrected chi connectivity index (χ4v) is 4.87. The number of benzene rings is 3. The maximum Gasteiger partial charge on any atom is 0.251 e. The summed E-state index contributed by atoms with van der Waals surface area (Å²) < 4.78 is 5.28. The Labute approximate surface area is 231 Å². The highest BCUT2D eigenvalue weighted by Gasteiger charge is 2.29. The van der Waals surface area contributed by atoms with Crippen LogP contribution in [0, 0.1) is 0 Å². The number of carbonyl (C=O) groups excluding carboxylic acids is 3. The van der Waals surface area contributed by atoms with Crippen LogP contribution in [0.4, 0.5) is 5.69 Å². The van der Waals surface area contributed by atoms with E-state index in [1.54, 1.807) is 36.5 Å². The molecule has 5 rings (SSSR count). The average molecular weight is 543 g/mol. The molecular weight excluding hydrogens is 516 g/mol. The van der Waals surface area contributed by atoms with Crippen molar-refractivity contribution in [2.24, 2.45) is 0 Å². The van der Waals surface area contributed by atoms with Gasteiger partial charge in [0, 0.05) is 23.4 Å². The number of likely N-dealkylation sites (tertiary alicyclic amines) is 1. The molecule has 1 aliphatic heterocycles. The lowest BCUT2D eigenvalue weighted by Gasteiger charge is -2.24. The molecule has 198 valence electrons. The topological polar surface area (TPSA) is 105 Å². The van der Waals surface area contributed by atoms with E-state index in [9.17, 15) is 14.4 Å². The van der Waals surface area contributed by atoms with Crippen molar-refractivity contribution in [1.82, 2.24) is 15.2 Å². The Morgan fingerprint density at radius 2 is 1.77 bits per heavy atom. The molecule has 0 spiro atoms. The van der Waals surface area contributed by atoms with E-state index in [-0.39, 0.29) is 24.3 Å². The highest BCUT2D eigenvalue weighted by molar-refractivity contribution is 6.33. The monoisotopic (exact) mass is 542 g/mol. The number of oxazole rings is 1. The third-order valence-corrected chi connectivity index (χ3v) is 6.94. The van der Waals surface area contributed by atoms with Gasteiger partial charge in [-0.2, -0.15) is 0 Å². The zero-order valence-electron chi connectivity index (χ0n) is 21.1.